The number of H-pyrrole nitrogens is 1. The highest BCUT2D eigenvalue weighted by Gasteiger charge is 2.03. The van der Waals surface area contributed by atoms with E-state index in [0.29, 0.717) is 18.7 Å². The molecule has 2 aromatic rings. The predicted octanol–water partition coefficient (Wildman–Crippen LogP) is 1.01. The molecule has 0 saturated heterocycles. The Morgan fingerprint density at radius 1 is 1.28 bits per heavy atom. The average Bonchev–Trinajstić information content (AvgIpc) is 2.34. The zero-order valence-electron chi connectivity index (χ0n) is 9.52. The van der Waals surface area contributed by atoms with Gasteiger partial charge in [-0.2, -0.15) is 0 Å². The van der Waals surface area contributed by atoms with Crippen LogP contribution in [0.25, 0.3) is 0 Å². The number of hydrogen-bond acceptors (Lipinski definition) is 3. The maximum Gasteiger partial charge on any atom is 0.328 e. The van der Waals surface area contributed by atoms with Gasteiger partial charge < -0.3 is 5.73 Å². The molecule has 0 radical (unpaired) electrons. The molecular weight excluding hydrogens is 254 g/mol. The first-order chi connectivity index (χ1) is 8.58. The second-order valence-corrected chi connectivity index (χ2v) is 4.29. The molecule has 0 aliphatic carbocycles. The number of halogens is 1. The number of nitrogens with two attached hydrogens (primary N) is 1. The van der Waals surface area contributed by atoms with Crippen molar-refractivity contribution in [1.82, 2.24) is 9.55 Å². The number of anilines is 1. The highest BCUT2D eigenvalue weighted by molar-refractivity contribution is 6.30. The van der Waals surface area contributed by atoms with Crippen LogP contribution in [0.5, 0.6) is 0 Å². The fourth-order valence-corrected chi connectivity index (χ4v) is 1.82. The van der Waals surface area contributed by atoms with E-state index in [2.05, 4.69) is 4.98 Å². The molecule has 1 aromatic carbocycles. The fourth-order valence-electron chi connectivity index (χ4n) is 1.65. The van der Waals surface area contributed by atoms with Crippen molar-refractivity contribution in [2.24, 2.45) is 0 Å². The molecule has 0 bridgehead atoms. The molecule has 0 aliphatic heterocycles. The first-order valence-electron chi connectivity index (χ1n) is 5.40. The van der Waals surface area contributed by atoms with Crippen LogP contribution >= 0.6 is 11.6 Å². The van der Waals surface area contributed by atoms with E-state index in [1.165, 1.54) is 10.8 Å². The van der Waals surface area contributed by atoms with Gasteiger partial charge in [-0.05, 0) is 18.1 Å². The lowest BCUT2D eigenvalue weighted by Gasteiger charge is -2.07. The number of nitrogen functional groups attached to an aromatic ring is 1. The van der Waals surface area contributed by atoms with Crippen molar-refractivity contribution < 1.29 is 0 Å². The lowest BCUT2D eigenvalue weighted by atomic mass is 10.1. The zero-order valence-corrected chi connectivity index (χ0v) is 10.3. The Balaban J connectivity index is 2.21. The number of para-hydroxylation sites is 1. The molecule has 0 saturated carbocycles. The number of rotatable bonds is 3. The summed E-state index contributed by atoms with van der Waals surface area (Å²) < 4.78 is 1.36. The molecule has 0 spiro atoms. The number of nitrogens with one attached hydrogen (secondary N) is 1. The molecule has 6 heteroatoms. The summed E-state index contributed by atoms with van der Waals surface area (Å²) in [6.45, 7) is 0.406. The highest BCUT2D eigenvalue weighted by atomic mass is 35.5. The molecular formula is C12H12ClN3O2. The van der Waals surface area contributed by atoms with Crippen LogP contribution in [0.15, 0.2) is 40.1 Å². The third-order valence-electron chi connectivity index (χ3n) is 2.64. The van der Waals surface area contributed by atoms with Crippen molar-refractivity contribution in [3.8, 4) is 0 Å². The number of aromatic amines is 1. The summed E-state index contributed by atoms with van der Waals surface area (Å²) in [4.78, 5) is 24.8. The van der Waals surface area contributed by atoms with Gasteiger partial charge in [0.05, 0.1) is 0 Å². The van der Waals surface area contributed by atoms with Crippen molar-refractivity contribution in [3.63, 3.8) is 0 Å². The van der Waals surface area contributed by atoms with Crippen molar-refractivity contribution in [2.75, 3.05) is 5.73 Å². The molecule has 5 nitrogen and oxygen atoms in total. The molecule has 0 fully saturated rings. The van der Waals surface area contributed by atoms with Gasteiger partial charge in [0.2, 0.25) is 0 Å². The van der Waals surface area contributed by atoms with Crippen LogP contribution in [0.1, 0.15) is 5.56 Å². The number of benzene rings is 1. The Labute approximate surface area is 108 Å². The average molecular weight is 266 g/mol. The molecule has 18 heavy (non-hydrogen) atoms. The maximum atomic E-state index is 11.5. The van der Waals surface area contributed by atoms with Crippen LogP contribution in [0.3, 0.4) is 0 Å². The first-order valence-corrected chi connectivity index (χ1v) is 5.78. The lowest BCUT2D eigenvalue weighted by Crippen LogP contribution is -2.30. The highest BCUT2D eigenvalue weighted by Crippen LogP contribution is 2.11. The third-order valence-corrected chi connectivity index (χ3v) is 2.91. The van der Waals surface area contributed by atoms with Gasteiger partial charge in [0.25, 0.3) is 5.56 Å². The molecule has 2 rings (SSSR count). The molecule has 0 atom stereocenters. The summed E-state index contributed by atoms with van der Waals surface area (Å²) >= 11 is 5.67. The quantitative estimate of drug-likeness (QED) is 0.813. The normalized spacial score (nSPS) is 10.5. The van der Waals surface area contributed by atoms with Gasteiger partial charge in [0.1, 0.15) is 5.02 Å². The summed E-state index contributed by atoms with van der Waals surface area (Å²) in [7, 11) is 0. The summed E-state index contributed by atoms with van der Waals surface area (Å²) in [6, 6.07) is 7.43. The van der Waals surface area contributed by atoms with Crippen LogP contribution < -0.4 is 17.0 Å². The van der Waals surface area contributed by atoms with E-state index in [9.17, 15) is 9.59 Å². The van der Waals surface area contributed by atoms with Crippen LogP contribution in [0.2, 0.25) is 5.02 Å². The second-order valence-electron chi connectivity index (χ2n) is 3.88. The van der Waals surface area contributed by atoms with Crippen LogP contribution in [-0.4, -0.2) is 9.55 Å². The fraction of sp³-hybridized carbons (Fsp3) is 0.167. The summed E-state index contributed by atoms with van der Waals surface area (Å²) in [5.74, 6) is 0. The number of hydrogen-bond donors (Lipinski definition) is 2. The van der Waals surface area contributed by atoms with Gasteiger partial charge in [-0.1, -0.05) is 29.8 Å². The number of nitrogens with zero attached hydrogens (tertiary/aromatic N) is 1. The van der Waals surface area contributed by atoms with E-state index in [4.69, 9.17) is 17.3 Å². The molecule has 0 unspecified atom stereocenters. The smallest absolute Gasteiger partial charge is 0.328 e. The zero-order chi connectivity index (χ0) is 13.1. The van der Waals surface area contributed by atoms with Crippen LogP contribution in [0, 0.1) is 0 Å². The monoisotopic (exact) mass is 265 g/mol. The van der Waals surface area contributed by atoms with Gasteiger partial charge in [-0.25, -0.2) is 4.79 Å². The van der Waals surface area contributed by atoms with Gasteiger partial charge in [0, 0.05) is 18.4 Å². The minimum atomic E-state index is -0.572. The summed E-state index contributed by atoms with van der Waals surface area (Å²) in [5, 5.41) is -0.00404. The Morgan fingerprint density at radius 3 is 2.72 bits per heavy atom. The van der Waals surface area contributed by atoms with Crippen molar-refractivity contribution in [1.29, 1.82) is 0 Å². The van der Waals surface area contributed by atoms with E-state index in [-0.39, 0.29) is 5.02 Å². The van der Waals surface area contributed by atoms with E-state index in [1.54, 1.807) is 6.07 Å². The minimum absolute atomic E-state index is 0.00404. The first kappa shape index (κ1) is 12.4. The summed E-state index contributed by atoms with van der Waals surface area (Å²) in [5.41, 5.74) is 6.39. The van der Waals surface area contributed by atoms with Gasteiger partial charge >= 0.3 is 5.69 Å². The van der Waals surface area contributed by atoms with Crippen molar-refractivity contribution in [2.45, 2.75) is 13.0 Å². The maximum absolute atomic E-state index is 11.5. The third kappa shape index (κ3) is 2.62. The number of aryl methyl sites for hydroxylation is 2. The van der Waals surface area contributed by atoms with Crippen LogP contribution in [0.4, 0.5) is 5.69 Å². The Kier molecular flexibility index (Phi) is 3.53. The number of aromatic nitrogens is 2. The Bertz CT molecular complexity index is 676. The van der Waals surface area contributed by atoms with Crippen LogP contribution in [-0.2, 0) is 13.0 Å². The van der Waals surface area contributed by atoms with Crippen molar-refractivity contribution in [3.05, 3.63) is 61.9 Å². The summed E-state index contributed by atoms with van der Waals surface area (Å²) in [6.07, 6.45) is 1.93. The molecule has 1 heterocycles. The minimum Gasteiger partial charge on any atom is -0.399 e. The van der Waals surface area contributed by atoms with Gasteiger partial charge in [-0.3, -0.25) is 14.3 Å². The molecule has 3 N–H and O–H groups in total. The molecule has 1 aromatic heterocycles. The Hall–Kier alpha value is -2.01. The predicted molar refractivity (Wildman–Crippen MR) is 70.9 cm³/mol. The van der Waals surface area contributed by atoms with Crippen molar-refractivity contribution >= 4 is 17.3 Å². The van der Waals surface area contributed by atoms with E-state index < -0.39 is 11.2 Å². The van der Waals surface area contributed by atoms with Gasteiger partial charge in [-0.15, -0.1) is 0 Å². The van der Waals surface area contributed by atoms with Gasteiger partial charge in [0.15, 0.2) is 0 Å². The van der Waals surface area contributed by atoms with E-state index >= 15 is 0 Å². The second kappa shape index (κ2) is 5.10. The van der Waals surface area contributed by atoms with E-state index in [0.717, 1.165) is 5.56 Å². The standard InChI is InChI=1S/C12H12ClN3O2/c13-9-7-16(12(18)15-11(9)17)6-5-8-3-1-2-4-10(8)14/h1-4,7H,5-6,14H2,(H,15,17,18). The topological polar surface area (TPSA) is 80.9 Å². The SMILES string of the molecule is Nc1ccccc1CCn1cc(Cl)c(=O)[nH]c1=O. The molecule has 0 amide bonds. The lowest BCUT2D eigenvalue weighted by molar-refractivity contribution is 0.646. The molecule has 94 valence electrons. The largest absolute Gasteiger partial charge is 0.399 e. The van der Waals surface area contributed by atoms with E-state index in [1.807, 2.05) is 18.2 Å². The Morgan fingerprint density at radius 2 is 2.00 bits per heavy atom. The molecule has 0 aliphatic rings.